The van der Waals surface area contributed by atoms with Gasteiger partial charge < -0.3 is 15.4 Å². The van der Waals surface area contributed by atoms with Gasteiger partial charge in [0.2, 0.25) is 0 Å². The maximum absolute atomic E-state index is 5.86. The summed E-state index contributed by atoms with van der Waals surface area (Å²) in [4.78, 5) is 2.45. The Hall–Kier alpha value is -0.580. The first-order valence-electron chi connectivity index (χ1n) is 6.52. The largest absolute Gasteiger partial charge is 0.375 e. The Morgan fingerprint density at radius 1 is 1.50 bits per heavy atom. The van der Waals surface area contributed by atoms with Gasteiger partial charge in [-0.05, 0) is 31.0 Å². The molecule has 2 unspecified atom stereocenters. The number of benzene rings is 1. The molecule has 1 aromatic carbocycles. The second kappa shape index (κ2) is 6.04. The summed E-state index contributed by atoms with van der Waals surface area (Å²) in [7, 11) is 0. The molecule has 0 amide bonds. The minimum Gasteiger partial charge on any atom is -0.375 e. The highest BCUT2D eigenvalue weighted by Crippen LogP contribution is 2.29. The molecule has 1 aromatic rings. The van der Waals surface area contributed by atoms with Crippen LogP contribution in [0.2, 0.25) is 0 Å². The standard InChI is InChI=1S/C14H21BrN2O/c1-3-13-9-18-10(2)8-17(13)14-6-12(15)5-4-11(14)7-16/h4-6,10,13H,3,7-9,16H2,1-2H3. The molecule has 2 N–H and O–H groups in total. The third kappa shape index (κ3) is 2.87. The third-order valence-corrected chi connectivity index (χ3v) is 4.01. The van der Waals surface area contributed by atoms with E-state index in [1.54, 1.807) is 0 Å². The van der Waals surface area contributed by atoms with Crippen LogP contribution >= 0.6 is 15.9 Å². The summed E-state index contributed by atoms with van der Waals surface area (Å²) in [5.74, 6) is 0. The molecule has 4 heteroatoms. The fraction of sp³-hybridized carbons (Fsp3) is 0.571. The number of ether oxygens (including phenoxy) is 1. The van der Waals surface area contributed by atoms with Crippen molar-refractivity contribution in [3.8, 4) is 0 Å². The number of rotatable bonds is 3. The van der Waals surface area contributed by atoms with Gasteiger partial charge >= 0.3 is 0 Å². The normalized spacial score (nSPS) is 24.3. The zero-order valence-electron chi connectivity index (χ0n) is 11.0. The molecule has 0 aliphatic carbocycles. The first-order valence-corrected chi connectivity index (χ1v) is 7.31. The van der Waals surface area contributed by atoms with Crippen molar-refractivity contribution in [1.29, 1.82) is 0 Å². The van der Waals surface area contributed by atoms with Crippen molar-refractivity contribution < 1.29 is 4.74 Å². The smallest absolute Gasteiger partial charge is 0.0723 e. The first kappa shape index (κ1) is 13.8. The molecular weight excluding hydrogens is 292 g/mol. The molecule has 0 bridgehead atoms. The Balaban J connectivity index is 2.34. The zero-order valence-corrected chi connectivity index (χ0v) is 12.6. The van der Waals surface area contributed by atoms with Crippen LogP contribution in [-0.2, 0) is 11.3 Å². The average Bonchev–Trinajstić information content (AvgIpc) is 2.38. The maximum Gasteiger partial charge on any atom is 0.0723 e. The van der Waals surface area contributed by atoms with Crippen LogP contribution in [0.1, 0.15) is 25.8 Å². The summed E-state index contributed by atoms with van der Waals surface area (Å²) >= 11 is 3.55. The van der Waals surface area contributed by atoms with Gasteiger partial charge in [0.25, 0.3) is 0 Å². The molecule has 2 rings (SSSR count). The molecule has 2 atom stereocenters. The predicted molar refractivity (Wildman–Crippen MR) is 78.9 cm³/mol. The van der Waals surface area contributed by atoms with Gasteiger partial charge in [0.1, 0.15) is 0 Å². The van der Waals surface area contributed by atoms with Gasteiger partial charge in [-0.1, -0.05) is 28.9 Å². The lowest BCUT2D eigenvalue weighted by Gasteiger charge is -2.41. The number of nitrogens with two attached hydrogens (primary N) is 1. The van der Waals surface area contributed by atoms with Crippen molar-refractivity contribution >= 4 is 21.6 Å². The summed E-state index contributed by atoms with van der Waals surface area (Å²) in [5.41, 5.74) is 8.30. The molecule has 1 heterocycles. The van der Waals surface area contributed by atoms with E-state index in [1.165, 1.54) is 11.3 Å². The van der Waals surface area contributed by atoms with E-state index in [9.17, 15) is 0 Å². The lowest BCUT2D eigenvalue weighted by atomic mass is 10.1. The molecule has 1 aliphatic rings. The van der Waals surface area contributed by atoms with Crippen LogP contribution < -0.4 is 10.6 Å². The Kier molecular flexibility index (Phi) is 4.65. The van der Waals surface area contributed by atoms with Crippen molar-refractivity contribution in [2.24, 2.45) is 5.73 Å². The fourth-order valence-corrected chi connectivity index (χ4v) is 2.80. The molecule has 0 radical (unpaired) electrons. The maximum atomic E-state index is 5.86. The van der Waals surface area contributed by atoms with Crippen LogP contribution in [0.5, 0.6) is 0 Å². The number of nitrogens with zero attached hydrogens (tertiary/aromatic N) is 1. The van der Waals surface area contributed by atoms with E-state index in [1.807, 2.05) is 0 Å². The van der Waals surface area contributed by atoms with Gasteiger partial charge in [-0.15, -0.1) is 0 Å². The number of morpholine rings is 1. The Morgan fingerprint density at radius 3 is 2.94 bits per heavy atom. The second-order valence-electron chi connectivity index (χ2n) is 4.84. The second-order valence-corrected chi connectivity index (χ2v) is 5.75. The Labute approximate surface area is 117 Å². The van der Waals surface area contributed by atoms with Crippen molar-refractivity contribution in [1.82, 2.24) is 0 Å². The van der Waals surface area contributed by atoms with Gasteiger partial charge in [-0.25, -0.2) is 0 Å². The number of halogens is 1. The highest BCUT2D eigenvalue weighted by Gasteiger charge is 2.27. The SMILES string of the molecule is CCC1COC(C)CN1c1cc(Br)ccc1CN. The van der Waals surface area contributed by atoms with Gasteiger partial charge in [-0.3, -0.25) is 0 Å². The van der Waals surface area contributed by atoms with Crippen molar-refractivity contribution in [3.63, 3.8) is 0 Å². The summed E-state index contributed by atoms with van der Waals surface area (Å²) in [6, 6.07) is 6.77. The zero-order chi connectivity index (χ0) is 13.1. The summed E-state index contributed by atoms with van der Waals surface area (Å²) < 4.78 is 6.85. The summed E-state index contributed by atoms with van der Waals surface area (Å²) in [5, 5.41) is 0. The van der Waals surface area contributed by atoms with Crippen LogP contribution in [0.25, 0.3) is 0 Å². The first-order chi connectivity index (χ1) is 8.65. The van der Waals surface area contributed by atoms with Crippen LogP contribution in [0.4, 0.5) is 5.69 Å². The lowest BCUT2D eigenvalue weighted by Crippen LogP contribution is -2.49. The van der Waals surface area contributed by atoms with E-state index < -0.39 is 0 Å². The lowest BCUT2D eigenvalue weighted by molar-refractivity contribution is 0.0299. The van der Waals surface area contributed by atoms with Crippen LogP contribution in [0.15, 0.2) is 22.7 Å². The Bertz CT molecular complexity index is 411. The highest BCUT2D eigenvalue weighted by atomic mass is 79.9. The fourth-order valence-electron chi connectivity index (χ4n) is 2.45. The molecule has 100 valence electrons. The van der Waals surface area contributed by atoms with E-state index >= 15 is 0 Å². The van der Waals surface area contributed by atoms with E-state index in [0.717, 1.165) is 24.0 Å². The van der Waals surface area contributed by atoms with E-state index in [4.69, 9.17) is 10.5 Å². The third-order valence-electron chi connectivity index (χ3n) is 3.52. The van der Waals surface area contributed by atoms with Gasteiger partial charge in [0, 0.05) is 23.2 Å². The number of hydrogen-bond donors (Lipinski definition) is 1. The quantitative estimate of drug-likeness (QED) is 0.932. The van der Waals surface area contributed by atoms with Crippen LogP contribution in [-0.4, -0.2) is 25.3 Å². The number of hydrogen-bond acceptors (Lipinski definition) is 3. The van der Waals surface area contributed by atoms with Crippen LogP contribution in [0, 0.1) is 0 Å². The minimum absolute atomic E-state index is 0.275. The van der Waals surface area contributed by atoms with Crippen molar-refractivity contribution in [2.45, 2.75) is 39.0 Å². The van der Waals surface area contributed by atoms with Crippen LogP contribution in [0.3, 0.4) is 0 Å². The highest BCUT2D eigenvalue weighted by molar-refractivity contribution is 9.10. The Morgan fingerprint density at radius 2 is 2.28 bits per heavy atom. The molecule has 0 aromatic heterocycles. The average molecular weight is 313 g/mol. The molecule has 1 saturated heterocycles. The molecule has 18 heavy (non-hydrogen) atoms. The van der Waals surface area contributed by atoms with E-state index in [2.05, 4.69) is 52.9 Å². The monoisotopic (exact) mass is 312 g/mol. The molecule has 1 fully saturated rings. The van der Waals surface area contributed by atoms with Crippen molar-refractivity contribution in [2.75, 3.05) is 18.1 Å². The summed E-state index contributed by atoms with van der Waals surface area (Å²) in [6.07, 6.45) is 1.36. The van der Waals surface area contributed by atoms with E-state index in [-0.39, 0.29) is 6.10 Å². The predicted octanol–water partition coefficient (Wildman–Crippen LogP) is 2.91. The molecule has 3 nitrogen and oxygen atoms in total. The van der Waals surface area contributed by atoms with Gasteiger partial charge in [0.15, 0.2) is 0 Å². The molecular formula is C14H21BrN2O. The van der Waals surface area contributed by atoms with E-state index in [0.29, 0.717) is 12.6 Å². The van der Waals surface area contributed by atoms with Gasteiger partial charge in [-0.2, -0.15) is 0 Å². The minimum atomic E-state index is 0.275. The van der Waals surface area contributed by atoms with Gasteiger partial charge in [0.05, 0.1) is 18.8 Å². The summed E-state index contributed by atoms with van der Waals surface area (Å²) in [6.45, 7) is 6.64. The number of anilines is 1. The van der Waals surface area contributed by atoms with Crippen molar-refractivity contribution in [3.05, 3.63) is 28.2 Å². The molecule has 0 saturated carbocycles. The topological polar surface area (TPSA) is 38.5 Å². The molecule has 0 spiro atoms. The molecule has 1 aliphatic heterocycles.